The molecule has 0 aliphatic heterocycles. The van der Waals surface area contributed by atoms with Crippen molar-refractivity contribution in [3.63, 3.8) is 0 Å². The number of nitrogens with one attached hydrogen (secondary N) is 1. The summed E-state index contributed by atoms with van der Waals surface area (Å²) in [5.41, 5.74) is 3.83. The lowest BCUT2D eigenvalue weighted by molar-refractivity contribution is 0.597. The van der Waals surface area contributed by atoms with Gasteiger partial charge in [0.1, 0.15) is 0 Å². The van der Waals surface area contributed by atoms with Crippen LogP contribution in [0, 0.1) is 6.92 Å². The van der Waals surface area contributed by atoms with Gasteiger partial charge in [0.25, 0.3) is 0 Å². The molecular formula is C16H24ClN3. The van der Waals surface area contributed by atoms with Gasteiger partial charge >= 0.3 is 0 Å². The maximum Gasteiger partial charge on any atom is 0.0638 e. The molecule has 0 unspecified atom stereocenters. The highest BCUT2D eigenvalue weighted by Gasteiger charge is 2.03. The third kappa shape index (κ3) is 4.99. The van der Waals surface area contributed by atoms with Gasteiger partial charge in [0.05, 0.1) is 5.69 Å². The highest BCUT2D eigenvalue weighted by Crippen LogP contribution is 2.06. The first-order valence-corrected chi connectivity index (χ1v) is 7.07. The molecule has 0 saturated heterocycles. The van der Waals surface area contributed by atoms with E-state index in [1.54, 1.807) is 0 Å². The van der Waals surface area contributed by atoms with Gasteiger partial charge in [0.15, 0.2) is 0 Å². The minimum atomic E-state index is 0. The average Bonchev–Trinajstić information content (AvgIpc) is 2.77. The van der Waals surface area contributed by atoms with E-state index in [2.05, 4.69) is 60.8 Å². The molecule has 4 heteroatoms. The number of aryl methyl sites for hydroxylation is 2. The zero-order valence-corrected chi connectivity index (χ0v) is 13.1. The van der Waals surface area contributed by atoms with Gasteiger partial charge in [0, 0.05) is 24.8 Å². The van der Waals surface area contributed by atoms with E-state index in [-0.39, 0.29) is 12.4 Å². The van der Waals surface area contributed by atoms with Gasteiger partial charge in [-0.2, -0.15) is 5.10 Å². The third-order valence-corrected chi connectivity index (χ3v) is 3.25. The predicted octanol–water partition coefficient (Wildman–Crippen LogP) is 3.36. The van der Waals surface area contributed by atoms with E-state index >= 15 is 0 Å². The molecule has 2 aromatic rings. The Bertz CT molecular complexity index is 494. The molecule has 1 N–H and O–H groups in total. The summed E-state index contributed by atoms with van der Waals surface area (Å²) in [6, 6.07) is 10.6. The van der Waals surface area contributed by atoms with Gasteiger partial charge < -0.3 is 5.32 Å². The van der Waals surface area contributed by atoms with Crippen LogP contribution in [0.2, 0.25) is 0 Å². The van der Waals surface area contributed by atoms with Crippen LogP contribution < -0.4 is 5.32 Å². The normalized spacial score (nSPS) is 10.3. The highest BCUT2D eigenvalue weighted by molar-refractivity contribution is 5.85. The van der Waals surface area contributed by atoms with E-state index in [4.69, 9.17) is 0 Å². The van der Waals surface area contributed by atoms with Gasteiger partial charge in [-0.15, -0.1) is 12.4 Å². The van der Waals surface area contributed by atoms with Gasteiger partial charge in [0.2, 0.25) is 0 Å². The van der Waals surface area contributed by atoms with E-state index in [1.807, 2.05) is 4.68 Å². The van der Waals surface area contributed by atoms with Crippen molar-refractivity contribution < 1.29 is 0 Å². The molecule has 110 valence electrons. The lowest BCUT2D eigenvalue weighted by Gasteiger charge is -2.04. The molecule has 20 heavy (non-hydrogen) atoms. The van der Waals surface area contributed by atoms with Gasteiger partial charge in [-0.1, -0.05) is 37.3 Å². The molecule has 0 saturated carbocycles. The molecule has 0 radical (unpaired) electrons. The second-order valence-corrected chi connectivity index (χ2v) is 4.92. The van der Waals surface area contributed by atoms with E-state index in [0.29, 0.717) is 0 Å². The second kappa shape index (κ2) is 8.77. The molecule has 3 nitrogen and oxygen atoms in total. The van der Waals surface area contributed by atoms with Crippen molar-refractivity contribution in [1.29, 1.82) is 0 Å². The van der Waals surface area contributed by atoms with E-state index in [1.165, 1.54) is 11.1 Å². The van der Waals surface area contributed by atoms with Crippen LogP contribution in [0.3, 0.4) is 0 Å². The molecule has 1 aromatic heterocycles. The molecule has 0 spiro atoms. The quantitative estimate of drug-likeness (QED) is 0.794. The van der Waals surface area contributed by atoms with Crippen molar-refractivity contribution in [2.45, 2.75) is 39.8 Å². The van der Waals surface area contributed by atoms with Gasteiger partial charge in [-0.25, -0.2) is 0 Å². The first kappa shape index (κ1) is 16.7. The average molecular weight is 294 g/mol. The summed E-state index contributed by atoms with van der Waals surface area (Å²) >= 11 is 0. The molecule has 0 bridgehead atoms. The standard InChI is InChI=1S/C16H23N3.ClH/c1-3-11-19-13-16(14(2)18-19)12-17-10-9-15-7-5-4-6-8-15;/h4-8,13,17H,3,9-12H2,1-2H3;1H. The summed E-state index contributed by atoms with van der Waals surface area (Å²) in [5.74, 6) is 0. The Morgan fingerprint density at radius 2 is 1.95 bits per heavy atom. The second-order valence-electron chi connectivity index (χ2n) is 4.92. The van der Waals surface area contributed by atoms with Crippen LogP contribution in [0.5, 0.6) is 0 Å². The zero-order chi connectivity index (χ0) is 13.5. The summed E-state index contributed by atoms with van der Waals surface area (Å²) in [5, 5.41) is 8.01. The first-order chi connectivity index (χ1) is 9.29. The maximum atomic E-state index is 4.51. The summed E-state index contributed by atoms with van der Waals surface area (Å²) in [7, 11) is 0. The number of hydrogen-bond donors (Lipinski definition) is 1. The first-order valence-electron chi connectivity index (χ1n) is 7.07. The third-order valence-electron chi connectivity index (χ3n) is 3.25. The van der Waals surface area contributed by atoms with Gasteiger partial charge in [-0.3, -0.25) is 4.68 Å². The van der Waals surface area contributed by atoms with E-state index in [9.17, 15) is 0 Å². The van der Waals surface area contributed by atoms with Crippen LogP contribution in [0.4, 0.5) is 0 Å². The van der Waals surface area contributed by atoms with Crippen molar-refractivity contribution >= 4 is 12.4 Å². The number of nitrogens with zero attached hydrogens (tertiary/aromatic N) is 2. The summed E-state index contributed by atoms with van der Waals surface area (Å²) in [6.07, 6.45) is 4.36. The zero-order valence-electron chi connectivity index (χ0n) is 12.3. The Morgan fingerprint density at radius 1 is 1.20 bits per heavy atom. The molecule has 0 aliphatic carbocycles. The minimum absolute atomic E-state index is 0. The Labute approximate surface area is 127 Å². The topological polar surface area (TPSA) is 29.9 Å². The fourth-order valence-electron chi connectivity index (χ4n) is 2.18. The fraction of sp³-hybridized carbons (Fsp3) is 0.438. The highest BCUT2D eigenvalue weighted by atomic mass is 35.5. The maximum absolute atomic E-state index is 4.51. The molecule has 0 atom stereocenters. The molecular weight excluding hydrogens is 270 g/mol. The number of rotatable bonds is 7. The minimum Gasteiger partial charge on any atom is -0.312 e. The van der Waals surface area contributed by atoms with E-state index in [0.717, 1.165) is 38.2 Å². The summed E-state index contributed by atoms with van der Waals surface area (Å²) in [4.78, 5) is 0. The molecule has 0 fully saturated rings. The van der Waals surface area contributed by atoms with Crippen LogP contribution >= 0.6 is 12.4 Å². The Morgan fingerprint density at radius 3 is 2.65 bits per heavy atom. The van der Waals surface area contributed by atoms with Crippen molar-refractivity contribution in [3.8, 4) is 0 Å². The monoisotopic (exact) mass is 293 g/mol. The molecule has 2 rings (SSSR count). The van der Waals surface area contributed by atoms with Crippen LogP contribution in [0.1, 0.15) is 30.2 Å². The number of aromatic nitrogens is 2. The molecule has 0 aliphatic rings. The number of benzene rings is 1. The predicted molar refractivity (Wildman–Crippen MR) is 86.4 cm³/mol. The van der Waals surface area contributed by atoms with Crippen molar-refractivity contribution in [3.05, 3.63) is 53.3 Å². The van der Waals surface area contributed by atoms with Crippen LogP contribution in [-0.4, -0.2) is 16.3 Å². The molecule has 1 heterocycles. The summed E-state index contributed by atoms with van der Waals surface area (Å²) < 4.78 is 2.05. The van der Waals surface area contributed by atoms with Crippen molar-refractivity contribution in [2.75, 3.05) is 6.54 Å². The number of hydrogen-bond acceptors (Lipinski definition) is 2. The van der Waals surface area contributed by atoms with Gasteiger partial charge in [-0.05, 0) is 31.9 Å². The SMILES string of the molecule is CCCn1cc(CNCCc2ccccc2)c(C)n1.Cl. The Kier molecular flexibility index (Phi) is 7.34. The Balaban J connectivity index is 0.00000200. The van der Waals surface area contributed by atoms with E-state index < -0.39 is 0 Å². The lowest BCUT2D eigenvalue weighted by atomic mass is 10.1. The lowest BCUT2D eigenvalue weighted by Crippen LogP contribution is -2.16. The smallest absolute Gasteiger partial charge is 0.0638 e. The van der Waals surface area contributed by atoms with Crippen LogP contribution in [0.15, 0.2) is 36.5 Å². The van der Waals surface area contributed by atoms with Crippen molar-refractivity contribution in [1.82, 2.24) is 15.1 Å². The summed E-state index contributed by atoms with van der Waals surface area (Å²) in [6.45, 7) is 7.17. The largest absolute Gasteiger partial charge is 0.312 e. The van der Waals surface area contributed by atoms with Crippen molar-refractivity contribution in [2.24, 2.45) is 0 Å². The fourth-order valence-corrected chi connectivity index (χ4v) is 2.18. The number of halogens is 1. The van der Waals surface area contributed by atoms with Crippen LogP contribution in [-0.2, 0) is 19.5 Å². The molecule has 1 aromatic carbocycles. The van der Waals surface area contributed by atoms with Crippen LogP contribution in [0.25, 0.3) is 0 Å². The Hall–Kier alpha value is -1.32. The molecule has 0 amide bonds.